The number of carbonyl (C=O) groups excluding carboxylic acids is 1. The minimum atomic E-state index is -0.177. The van der Waals surface area contributed by atoms with Gasteiger partial charge in [-0.25, -0.2) is 0 Å². The standard InChI is InChI=1S/C19H26O5/c1-4-22-19(20)11-6-5-8-17-16(9-7-10-18(17)21-3)14(2)23-12-15-13-24-15/h5,7-10,14-15H,4,6,11-13H2,1-3H3/b8-5+/t14-,15+/m1/s1. The summed E-state index contributed by atoms with van der Waals surface area (Å²) in [5.74, 6) is 0.613. The Hall–Kier alpha value is -1.85. The van der Waals surface area contributed by atoms with Gasteiger partial charge in [-0.2, -0.15) is 0 Å². The molecule has 0 aliphatic carbocycles. The molecular weight excluding hydrogens is 308 g/mol. The Kier molecular flexibility index (Phi) is 7.28. The highest BCUT2D eigenvalue weighted by Gasteiger charge is 2.24. The van der Waals surface area contributed by atoms with Gasteiger partial charge in [0.25, 0.3) is 0 Å². The number of methoxy groups -OCH3 is 1. The largest absolute Gasteiger partial charge is 0.496 e. The smallest absolute Gasteiger partial charge is 0.306 e. The summed E-state index contributed by atoms with van der Waals surface area (Å²) in [6, 6.07) is 5.91. The molecule has 1 aromatic rings. The molecule has 1 heterocycles. The first-order chi connectivity index (χ1) is 11.7. The van der Waals surface area contributed by atoms with Crippen LogP contribution in [0.2, 0.25) is 0 Å². The van der Waals surface area contributed by atoms with Crippen LogP contribution < -0.4 is 4.74 Å². The molecule has 132 valence electrons. The van der Waals surface area contributed by atoms with Crippen LogP contribution in [0.25, 0.3) is 6.08 Å². The lowest BCUT2D eigenvalue weighted by Gasteiger charge is -2.17. The van der Waals surface area contributed by atoms with Crippen molar-refractivity contribution in [3.05, 3.63) is 35.4 Å². The zero-order chi connectivity index (χ0) is 17.4. The summed E-state index contributed by atoms with van der Waals surface area (Å²) < 4.78 is 21.5. The first kappa shape index (κ1) is 18.5. The normalized spacial score (nSPS) is 17.7. The maximum Gasteiger partial charge on any atom is 0.306 e. The number of benzene rings is 1. The van der Waals surface area contributed by atoms with E-state index in [4.69, 9.17) is 18.9 Å². The number of epoxide rings is 1. The van der Waals surface area contributed by atoms with Crippen molar-refractivity contribution in [1.82, 2.24) is 0 Å². The van der Waals surface area contributed by atoms with Crippen molar-refractivity contribution < 1.29 is 23.7 Å². The Labute approximate surface area is 143 Å². The van der Waals surface area contributed by atoms with Crippen LogP contribution in [0.5, 0.6) is 5.75 Å². The van der Waals surface area contributed by atoms with Gasteiger partial charge in [-0.3, -0.25) is 4.79 Å². The van der Waals surface area contributed by atoms with Crippen molar-refractivity contribution in [2.45, 2.75) is 38.9 Å². The van der Waals surface area contributed by atoms with Gasteiger partial charge in [-0.15, -0.1) is 0 Å². The summed E-state index contributed by atoms with van der Waals surface area (Å²) in [4.78, 5) is 11.4. The number of rotatable bonds is 10. The zero-order valence-electron chi connectivity index (χ0n) is 14.6. The Morgan fingerprint density at radius 1 is 1.46 bits per heavy atom. The minimum absolute atomic E-state index is 0.0611. The van der Waals surface area contributed by atoms with Gasteiger partial charge in [0.1, 0.15) is 11.9 Å². The summed E-state index contributed by atoms with van der Waals surface area (Å²) >= 11 is 0. The molecule has 1 aliphatic rings. The summed E-state index contributed by atoms with van der Waals surface area (Å²) in [5, 5.41) is 0. The fraction of sp³-hybridized carbons (Fsp3) is 0.526. The van der Waals surface area contributed by atoms with Crippen LogP contribution in [0.3, 0.4) is 0 Å². The fourth-order valence-corrected chi connectivity index (χ4v) is 2.41. The number of hydrogen-bond donors (Lipinski definition) is 0. The molecule has 5 heteroatoms. The van der Waals surface area contributed by atoms with Crippen LogP contribution in [-0.4, -0.2) is 39.0 Å². The molecule has 0 N–H and O–H groups in total. The predicted molar refractivity (Wildman–Crippen MR) is 92.0 cm³/mol. The van der Waals surface area contributed by atoms with Gasteiger partial charge in [0.15, 0.2) is 0 Å². The lowest BCUT2D eigenvalue weighted by atomic mass is 10.0. The summed E-state index contributed by atoms with van der Waals surface area (Å²) in [6.07, 6.45) is 5.13. The third-order valence-corrected chi connectivity index (χ3v) is 3.80. The Morgan fingerprint density at radius 3 is 2.92 bits per heavy atom. The van der Waals surface area contributed by atoms with Gasteiger partial charge < -0.3 is 18.9 Å². The molecule has 0 spiro atoms. The molecular formula is C19H26O5. The quantitative estimate of drug-likeness (QED) is 0.484. The summed E-state index contributed by atoms with van der Waals surface area (Å²) in [7, 11) is 1.65. The number of esters is 1. The van der Waals surface area contributed by atoms with Crippen LogP contribution in [0.4, 0.5) is 0 Å². The second-order valence-corrected chi connectivity index (χ2v) is 5.64. The lowest BCUT2D eigenvalue weighted by Crippen LogP contribution is -2.08. The van der Waals surface area contributed by atoms with E-state index in [0.717, 1.165) is 23.5 Å². The molecule has 0 saturated carbocycles. The average Bonchev–Trinajstić information content (AvgIpc) is 3.41. The SMILES string of the molecule is CCOC(=O)CC/C=C/c1c(OC)cccc1[C@@H](C)OC[C@H]1CO1. The molecule has 0 amide bonds. The van der Waals surface area contributed by atoms with E-state index < -0.39 is 0 Å². The van der Waals surface area contributed by atoms with Gasteiger partial charge in [-0.05, 0) is 31.9 Å². The molecule has 1 fully saturated rings. The maximum atomic E-state index is 11.4. The summed E-state index contributed by atoms with van der Waals surface area (Å²) in [5.41, 5.74) is 2.04. The molecule has 1 aromatic carbocycles. The van der Waals surface area contributed by atoms with E-state index in [9.17, 15) is 4.79 Å². The van der Waals surface area contributed by atoms with Gasteiger partial charge in [-0.1, -0.05) is 24.3 Å². The van der Waals surface area contributed by atoms with E-state index in [1.54, 1.807) is 7.11 Å². The number of allylic oxidation sites excluding steroid dienone is 1. The van der Waals surface area contributed by atoms with E-state index in [1.807, 2.05) is 44.2 Å². The predicted octanol–water partition coefficient (Wildman–Crippen LogP) is 3.53. The van der Waals surface area contributed by atoms with Crippen molar-refractivity contribution in [1.29, 1.82) is 0 Å². The Bertz CT molecular complexity index is 563. The van der Waals surface area contributed by atoms with Crippen molar-refractivity contribution >= 4 is 12.0 Å². The third kappa shape index (κ3) is 5.65. The van der Waals surface area contributed by atoms with Crippen molar-refractivity contribution in [3.8, 4) is 5.75 Å². The van der Waals surface area contributed by atoms with Crippen molar-refractivity contribution in [2.75, 3.05) is 26.9 Å². The lowest BCUT2D eigenvalue weighted by molar-refractivity contribution is -0.142. The molecule has 2 rings (SSSR count). The second-order valence-electron chi connectivity index (χ2n) is 5.64. The first-order valence-electron chi connectivity index (χ1n) is 8.38. The number of ether oxygens (including phenoxy) is 4. The van der Waals surface area contributed by atoms with Gasteiger partial charge >= 0.3 is 5.97 Å². The Morgan fingerprint density at radius 2 is 2.25 bits per heavy atom. The highest BCUT2D eigenvalue weighted by molar-refractivity contribution is 5.70. The average molecular weight is 334 g/mol. The van der Waals surface area contributed by atoms with Crippen molar-refractivity contribution in [3.63, 3.8) is 0 Å². The third-order valence-electron chi connectivity index (χ3n) is 3.80. The van der Waals surface area contributed by atoms with Crippen LogP contribution in [0.15, 0.2) is 24.3 Å². The highest BCUT2D eigenvalue weighted by Crippen LogP contribution is 2.30. The summed E-state index contributed by atoms with van der Waals surface area (Å²) in [6.45, 7) is 5.63. The highest BCUT2D eigenvalue weighted by atomic mass is 16.6. The van der Waals surface area contributed by atoms with Crippen molar-refractivity contribution in [2.24, 2.45) is 0 Å². The molecule has 0 bridgehead atoms. The van der Waals surface area contributed by atoms with E-state index in [-0.39, 0.29) is 18.2 Å². The maximum absolute atomic E-state index is 11.4. The molecule has 5 nitrogen and oxygen atoms in total. The molecule has 1 aliphatic heterocycles. The van der Waals surface area contributed by atoms with E-state index in [0.29, 0.717) is 26.1 Å². The fourth-order valence-electron chi connectivity index (χ4n) is 2.41. The first-order valence-corrected chi connectivity index (χ1v) is 8.38. The molecule has 24 heavy (non-hydrogen) atoms. The topological polar surface area (TPSA) is 57.3 Å². The molecule has 0 unspecified atom stereocenters. The van der Waals surface area contributed by atoms with Crippen LogP contribution in [0, 0.1) is 0 Å². The molecule has 0 aromatic heterocycles. The number of carbonyl (C=O) groups is 1. The van der Waals surface area contributed by atoms with Gasteiger partial charge in [0.2, 0.25) is 0 Å². The minimum Gasteiger partial charge on any atom is -0.496 e. The molecule has 1 saturated heterocycles. The van der Waals surface area contributed by atoms with Crippen LogP contribution in [0.1, 0.15) is 43.9 Å². The van der Waals surface area contributed by atoms with Crippen LogP contribution in [-0.2, 0) is 19.0 Å². The zero-order valence-corrected chi connectivity index (χ0v) is 14.6. The van der Waals surface area contributed by atoms with Gasteiger partial charge in [0, 0.05) is 12.0 Å². The Balaban J connectivity index is 2.03. The number of hydrogen-bond acceptors (Lipinski definition) is 5. The molecule has 0 radical (unpaired) electrons. The van der Waals surface area contributed by atoms with E-state index >= 15 is 0 Å². The molecule has 2 atom stereocenters. The van der Waals surface area contributed by atoms with Crippen LogP contribution >= 0.6 is 0 Å². The second kappa shape index (κ2) is 9.45. The van der Waals surface area contributed by atoms with E-state index in [2.05, 4.69) is 0 Å². The van der Waals surface area contributed by atoms with Gasteiger partial charge in [0.05, 0.1) is 33.0 Å². The van der Waals surface area contributed by atoms with E-state index in [1.165, 1.54) is 0 Å². The monoisotopic (exact) mass is 334 g/mol.